The Hall–Kier alpha value is -1.22. The number of hydrogen-bond acceptors (Lipinski definition) is 0. The van der Waals surface area contributed by atoms with Gasteiger partial charge in [0.25, 0.3) is 0 Å². The van der Waals surface area contributed by atoms with Crippen LogP contribution in [0.5, 0.6) is 0 Å². The highest BCUT2D eigenvalue weighted by molar-refractivity contribution is 5.35. The molecule has 17 heavy (non-hydrogen) atoms. The van der Waals surface area contributed by atoms with Gasteiger partial charge in [-0.2, -0.15) is 0 Å². The molecule has 1 saturated carbocycles. The standard InChI is InChI=1S/C17H22/c1-3-4-15-9-11-17(12-10-15)13-16-7-5-14(2)6-8-16/h9-12,14,16H,5-8,13H2,1-2H3. The van der Waals surface area contributed by atoms with Crippen LogP contribution >= 0.6 is 0 Å². The van der Waals surface area contributed by atoms with Gasteiger partial charge in [0.15, 0.2) is 0 Å². The molecule has 0 bridgehead atoms. The largest absolute Gasteiger partial charge is 0.101 e. The maximum atomic E-state index is 3.09. The highest BCUT2D eigenvalue weighted by atomic mass is 14.2. The first kappa shape index (κ1) is 12.2. The summed E-state index contributed by atoms with van der Waals surface area (Å²) in [6, 6.07) is 8.80. The van der Waals surface area contributed by atoms with Crippen LogP contribution in [0.2, 0.25) is 0 Å². The lowest BCUT2D eigenvalue weighted by Crippen LogP contribution is -2.14. The molecule has 2 rings (SSSR count). The molecule has 0 nitrogen and oxygen atoms in total. The molecule has 0 heterocycles. The van der Waals surface area contributed by atoms with Crippen LogP contribution in [0.3, 0.4) is 0 Å². The van der Waals surface area contributed by atoms with E-state index >= 15 is 0 Å². The predicted octanol–water partition coefficient (Wildman–Crippen LogP) is 4.43. The molecule has 1 aromatic rings. The third-order valence-corrected chi connectivity index (χ3v) is 3.88. The molecule has 0 unspecified atom stereocenters. The Morgan fingerprint density at radius 2 is 1.71 bits per heavy atom. The average molecular weight is 226 g/mol. The topological polar surface area (TPSA) is 0 Å². The zero-order chi connectivity index (χ0) is 12.1. The summed E-state index contributed by atoms with van der Waals surface area (Å²) in [6.45, 7) is 4.27. The minimum Gasteiger partial charge on any atom is -0.101 e. The van der Waals surface area contributed by atoms with Gasteiger partial charge in [-0.1, -0.05) is 37.8 Å². The molecule has 1 aliphatic rings. The van der Waals surface area contributed by atoms with Crippen molar-refractivity contribution in [3.05, 3.63) is 35.4 Å². The monoisotopic (exact) mass is 226 g/mol. The van der Waals surface area contributed by atoms with Crippen LogP contribution in [0.25, 0.3) is 0 Å². The quantitative estimate of drug-likeness (QED) is 0.655. The fraction of sp³-hybridized carbons (Fsp3) is 0.529. The first-order valence-electron chi connectivity index (χ1n) is 6.79. The van der Waals surface area contributed by atoms with Gasteiger partial charge in [-0.3, -0.25) is 0 Å². The van der Waals surface area contributed by atoms with E-state index in [1.54, 1.807) is 0 Å². The predicted molar refractivity (Wildman–Crippen MR) is 73.8 cm³/mol. The van der Waals surface area contributed by atoms with E-state index in [1.807, 2.05) is 6.92 Å². The molecule has 0 atom stereocenters. The van der Waals surface area contributed by atoms with Crippen molar-refractivity contribution in [2.24, 2.45) is 11.8 Å². The fourth-order valence-electron chi connectivity index (χ4n) is 2.74. The summed E-state index contributed by atoms with van der Waals surface area (Å²) in [5, 5.41) is 0. The molecule has 0 amide bonds. The summed E-state index contributed by atoms with van der Waals surface area (Å²) in [5.74, 6) is 7.90. The zero-order valence-corrected chi connectivity index (χ0v) is 11.0. The number of hydrogen-bond donors (Lipinski definition) is 0. The van der Waals surface area contributed by atoms with E-state index in [2.05, 4.69) is 43.0 Å². The lowest BCUT2D eigenvalue weighted by atomic mass is 9.80. The van der Waals surface area contributed by atoms with Crippen molar-refractivity contribution in [2.75, 3.05) is 0 Å². The summed E-state index contributed by atoms with van der Waals surface area (Å²) in [4.78, 5) is 0. The van der Waals surface area contributed by atoms with Crippen LogP contribution < -0.4 is 0 Å². The first-order valence-corrected chi connectivity index (χ1v) is 6.79. The van der Waals surface area contributed by atoms with Gasteiger partial charge in [-0.15, -0.1) is 5.92 Å². The van der Waals surface area contributed by atoms with E-state index in [-0.39, 0.29) is 0 Å². The Balaban J connectivity index is 1.92. The van der Waals surface area contributed by atoms with Gasteiger partial charge in [0.2, 0.25) is 0 Å². The Morgan fingerprint density at radius 1 is 1.06 bits per heavy atom. The highest BCUT2D eigenvalue weighted by Crippen LogP contribution is 2.30. The van der Waals surface area contributed by atoms with Crippen LogP contribution in [-0.2, 0) is 6.42 Å². The molecule has 0 aliphatic heterocycles. The summed E-state index contributed by atoms with van der Waals surface area (Å²) >= 11 is 0. The Kier molecular flexibility index (Phi) is 4.26. The van der Waals surface area contributed by atoms with E-state index in [0.717, 1.165) is 17.4 Å². The Labute approximate surface area is 105 Å². The first-order chi connectivity index (χ1) is 8.28. The fourth-order valence-corrected chi connectivity index (χ4v) is 2.74. The van der Waals surface area contributed by atoms with E-state index in [9.17, 15) is 0 Å². The van der Waals surface area contributed by atoms with Crippen LogP contribution in [0, 0.1) is 23.7 Å². The Bertz CT molecular complexity index is 394. The van der Waals surface area contributed by atoms with Crippen molar-refractivity contribution in [1.29, 1.82) is 0 Å². The zero-order valence-electron chi connectivity index (χ0n) is 11.0. The van der Waals surface area contributed by atoms with Crippen molar-refractivity contribution in [2.45, 2.75) is 46.0 Å². The maximum Gasteiger partial charge on any atom is 0.0245 e. The van der Waals surface area contributed by atoms with Crippen LogP contribution in [0.15, 0.2) is 24.3 Å². The number of benzene rings is 1. The molecule has 1 aromatic carbocycles. The van der Waals surface area contributed by atoms with Gasteiger partial charge in [0.1, 0.15) is 0 Å². The summed E-state index contributed by atoms with van der Waals surface area (Å²) < 4.78 is 0. The second kappa shape index (κ2) is 5.92. The molecule has 0 heteroatoms. The molecule has 1 aliphatic carbocycles. The van der Waals surface area contributed by atoms with Crippen molar-refractivity contribution in [1.82, 2.24) is 0 Å². The van der Waals surface area contributed by atoms with E-state index in [4.69, 9.17) is 0 Å². The van der Waals surface area contributed by atoms with Gasteiger partial charge in [-0.25, -0.2) is 0 Å². The van der Waals surface area contributed by atoms with E-state index < -0.39 is 0 Å². The smallest absolute Gasteiger partial charge is 0.0245 e. The maximum absolute atomic E-state index is 3.09. The molecule has 0 spiro atoms. The van der Waals surface area contributed by atoms with E-state index in [0.29, 0.717) is 0 Å². The molecule has 0 aromatic heterocycles. The molecule has 0 N–H and O–H groups in total. The normalized spacial score (nSPS) is 23.9. The van der Waals surface area contributed by atoms with Crippen molar-refractivity contribution >= 4 is 0 Å². The lowest BCUT2D eigenvalue weighted by Gasteiger charge is -2.26. The molecular formula is C17H22. The highest BCUT2D eigenvalue weighted by Gasteiger charge is 2.18. The third-order valence-electron chi connectivity index (χ3n) is 3.88. The molecule has 0 saturated heterocycles. The van der Waals surface area contributed by atoms with Crippen molar-refractivity contribution in [3.63, 3.8) is 0 Å². The Morgan fingerprint density at radius 3 is 2.29 bits per heavy atom. The molecule has 90 valence electrons. The number of rotatable bonds is 2. The lowest BCUT2D eigenvalue weighted by molar-refractivity contribution is 0.289. The molecule has 0 radical (unpaired) electrons. The SMILES string of the molecule is CC#Cc1ccc(CC2CCC(C)CC2)cc1. The minimum absolute atomic E-state index is 0.911. The van der Waals surface area contributed by atoms with Crippen molar-refractivity contribution < 1.29 is 0 Å². The second-order valence-electron chi connectivity index (χ2n) is 5.40. The summed E-state index contributed by atoms with van der Waals surface area (Å²) in [6.07, 6.45) is 6.93. The van der Waals surface area contributed by atoms with Gasteiger partial charge < -0.3 is 0 Å². The van der Waals surface area contributed by atoms with Crippen molar-refractivity contribution in [3.8, 4) is 11.8 Å². The summed E-state index contributed by atoms with van der Waals surface area (Å²) in [5.41, 5.74) is 2.61. The summed E-state index contributed by atoms with van der Waals surface area (Å²) in [7, 11) is 0. The van der Waals surface area contributed by atoms with Crippen LogP contribution in [0.4, 0.5) is 0 Å². The third kappa shape index (κ3) is 3.63. The minimum atomic E-state index is 0.911. The van der Waals surface area contributed by atoms with Crippen LogP contribution in [-0.4, -0.2) is 0 Å². The van der Waals surface area contributed by atoms with Gasteiger partial charge in [0.05, 0.1) is 0 Å². The average Bonchev–Trinajstić information content (AvgIpc) is 2.35. The second-order valence-corrected chi connectivity index (χ2v) is 5.40. The molecule has 1 fully saturated rings. The van der Waals surface area contributed by atoms with Crippen LogP contribution in [0.1, 0.15) is 50.7 Å². The van der Waals surface area contributed by atoms with Gasteiger partial charge in [0, 0.05) is 5.56 Å². The van der Waals surface area contributed by atoms with Gasteiger partial charge in [-0.05, 0) is 55.7 Å². The molecular weight excluding hydrogens is 204 g/mol. The van der Waals surface area contributed by atoms with Gasteiger partial charge >= 0.3 is 0 Å². The van der Waals surface area contributed by atoms with E-state index in [1.165, 1.54) is 37.7 Å².